The van der Waals surface area contributed by atoms with Crippen LogP contribution in [0.25, 0.3) is 5.57 Å². The molecule has 9 heteroatoms. The Morgan fingerprint density at radius 3 is 2.48 bits per heavy atom. The van der Waals surface area contributed by atoms with E-state index in [4.69, 9.17) is 15.6 Å². The minimum atomic E-state index is -5.08. The molecule has 150 valence electrons. The predicted octanol–water partition coefficient (Wildman–Crippen LogP) is 2.72. The molecule has 0 spiro atoms. The molecule has 0 saturated heterocycles. The molecule has 0 atom stereocenters. The number of hydrogen-bond acceptors (Lipinski definition) is 4. The van der Waals surface area contributed by atoms with Gasteiger partial charge in [0.2, 0.25) is 5.91 Å². The van der Waals surface area contributed by atoms with Gasteiger partial charge in [0.1, 0.15) is 0 Å². The lowest BCUT2D eigenvalue weighted by Crippen LogP contribution is -2.30. The van der Waals surface area contributed by atoms with Crippen molar-refractivity contribution in [3.05, 3.63) is 35.9 Å². The normalized spacial score (nSPS) is 14.6. The SMILES string of the molecule is CC(=O)Nc1cccc(C2=CCN(CCCN)CC2)c1.O=C(O)C(F)(F)F. The zero-order chi connectivity index (χ0) is 20.4. The molecule has 0 radical (unpaired) electrons. The summed E-state index contributed by atoms with van der Waals surface area (Å²) in [6.45, 7) is 5.43. The Labute approximate surface area is 155 Å². The van der Waals surface area contributed by atoms with E-state index in [2.05, 4.69) is 22.4 Å². The van der Waals surface area contributed by atoms with E-state index in [1.54, 1.807) is 0 Å². The lowest BCUT2D eigenvalue weighted by atomic mass is 9.99. The Morgan fingerprint density at radius 2 is 2.00 bits per heavy atom. The van der Waals surface area contributed by atoms with E-state index < -0.39 is 12.1 Å². The maximum atomic E-state index is 11.1. The molecule has 4 N–H and O–H groups in total. The van der Waals surface area contributed by atoms with Crippen LogP contribution in [0.4, 0.5) is 18.9 Å². The maximum Gasteiger partial charge on any atom is 0.490 e. The first-order valence-electron chi connectivity index (χ1n) is 8.43. The number of carboxylic acid groups (broad SMARTS) is 1. The van der Waals surface area contributed by atoms with Gasteiger partial charge in [0.05, 0.1) is 0 Å². The Bertz CT molecular complexity index is 675. The van der Waals surface area contributed by atoms with Gasteiger partial charge in [-0.05, 0) is 49.2 Å². The number of benzene rings is 1. The van der Waals surface area contributed by atoms with Gasteiger partial charge in [-0.15, -0.1) is 0 Å². The summed E-state index contributed by atoms with van der Waals surface area (Å²) < 4.78 is 31.7. The fourth-order valence-corrected chi connectivity index (χ4v) is 2.49. The van der Waals surface area contributed by atoms with Gasteiger partial charge >= 0.3 is 12.1 Å². The average molecular weight is 387 g/mol. The lowest BCUT2D eigenvalue weighted by molar-refractivity contribution is -0.192. The molecule has 6 nitrogen and oxygen atoms in total. The Kier molecular flexibility index (Phi) is 8.96. The van der Waals surface area contributed by atoms with E-state index in [9.17, 15) is 18.0 Å². The van der Waals surface area contributed by atoms with Crippen LogP contribution in [0.5, 0.6) is 0 Å². The zero-order valence-electron chi connectivity index (χ0n) is 15.1. The molecule has 1 heterocycles. The predicted molar refractivity (Wildman–Crippen MR) is 97.1 cm³/mol. The summed E-state index contributed by atoms with van der Waals surface area (Å²) in [5.41, 5.74) is 8.97. The van der Waals surface area contributed by atoms with Gasteiger partial charge in [-0.25, -0.2) is 4.79 Å². The smallest absolute Gasteiger partial charge is 0.475 e. The first-order chi connectivity index (χ1) is 12.6. The van der Waals surface area contributed by atoms with E-state index in [0.717, 1.165) is 44.7 Å². The average Bonchev–Trinajstić information content (AvgIpc) is 2.60. The largest absolute Gasteiger partial charge is 0.490 e. The van der Waals surface area contributed by atoms with Crippen molar-refractivity contribution in [2.45, 2.75) is 25.9 Å². The topological polar surface area (TPSA) is 95.7 Å². The Balaban J connectivity index is 0.000000445. The molecule has 0 unspecified atom stereocenters. The summed E-state index contributed by atoms with van der Waals surface area (Å²) in [4.78, 5) is 22.4. The van der Waals surface area contributed by atoms with E-state index >= 15 is 0 Å². The highest BCUT2D eigenvalue weighted by Gasteiger charge is 2.38. The third kappa shape index (κ3) is 8.69. The molecule has 0 aromatic heterocycles. The number of carbonyl (C=O) groups excluding carboxylic acids is 1. The third-order valence-electron chi connectivity index (χ3n) is 3.77. The van der Waals surface area contributed by atoms with Crippen LogP contribution in [-0.2, 0) is 9.59 Å². The van der Waals surface area contributed by atoms with E-state index in [0.29, 0.717) is 0 Å². The van der Waals surface area contributed by atoms with Gasteiger partial charge in [-0.2, -0.15) is 13.2 Å². The summed E-state index contributed by atoms with van der Waals surface area (Å²) in [6, 6.07) is 8.06. The second-order valence-corrected chi connectivity index (χ2v) is 5.99. The van der Waals surface area contributed by atoms with Crippen molar-refractivity contribution in [3.63, 3.8) is 0 Å². The molecular formula is C18H24F3N3O3. The van der Waals surface area contributed by atoms with Crippen LogP contribution in [0.1, 0.15) is 25.3 Å². The first kappa shape index (κ1) is 22.7. The van der Waals surface area contributed by atoms with Gasteiger partial charge in [0.25, 0.3) is 0 Å². The number of nitrogens with two attached hydrogens (primary N) is 1. The van der Waals surface area contributed by atoms with Crippen LogP contribution in [-0.4, -0.2) is 54.2 Å². The van der Waals surface area contributed by atoms with Crippen LogP contribution >= 0.6 is 0 Å². The van der Waals surface area contributed by atoms with Gasteiger partial charge in [0.15, 0.2) is 0 Å². The fourth-order valence-electron chi connectivity index (χ4n) is 2.49. The van der Waals surface area contributed by atoms with E-state index in [-0.39, 0.29) is 5.91 Å². The summed E-state index contributed by atoms with van der Waals surface area (Å²) in [7, 11) is 0. The number of rotatable bonds is 5. The maximum absolute atomic E-state index is 11.1. The Hall–Kier alpha value is -2.39. The van der Waals surface area contributed by atoms with E-state index in [1.807, 2.05) is 18.2 Å². The van der Waals surface area contributed by atoms with Gasteiger partial charge in [-0.1, -0.05) is 18.2 Å². The molecule has 0 aliphatic carbocycles. The number of nitrogens with one attached hydrogen (secondary N) is 1. The molecule has 27 heavy (non-hydrogen) atoms. The molecule has 1 amide bonds. The van der Waals surface area contributed by atoms with Crippen molar-refractivity contribution in [1.29, 1.82) is 0 Å². The van der Waals surface area contributed by atoms with Crippen molar-refractivity contribution < 1.29 is 27.9 Å². The van der Waals surface area contributed by atoms with Gasteiger partial charge < -0.3 is 16.2 Å². The van der Waals surface area contributed by atoms with Crippen LogP contribution in [0, 0.1) is 0 Å². The van der Waals surface area contributed by atoms with Crippen LogP contribution in [0.2, 0.25) is 0 Å². The van der Waals surface area contributed by atoms with Crippen LogP contribution in [0.3, 0.4) is 0 Å². The number of hydrogen-bond donors (Lipinski definition) is 3. The monoisotopic (exact) mass is 387 g/mol. The second kappa shape index (κ2) is 10.7. The Morgan fingerprint density at radius 1 is 1.33 bits per heavy atom. The van der Waals surface area contributed by atoms with Crippen molar-refractivity contribution in [2.75, 3.05) is 31.5 Å². The second-order valence-electron chi connectivity index (χ2n) is 5.99. The number of carbonyl (C=O) groups is 2. The van der Waals surface area contributed by atoms with Gasteiger partial charge in [-0.3, -0.25) is 9.69 Å². The standard InChI is InChI=1S/C16H23N3O.C2HF3O2/c1-13(20)18-16-5-2-4-15(12-16)14-6-10-19(11-7-14)9-3-8-17;3-2(4,5)1(6)7/h2,4-6,12H,3,7-11,17H2,1H3,(H,18,20);(H,6,7). The summed E-state index contributed by atoms with van der Waals surface area (Å²) >= 11 is 0. The molecule has 1 aromatic rings. The number of nitrogens with zero attached hydrogens (tertiary/aromatic N) is 1. The molecule has 2 rings (SSSR count). The van der Waals surface area contributed by atoms with E-state index in [1.165, 1.54) is 18.1 Å². The summed E-state index contributed by atoms with van der Waals surface area (Å²) in [5.74, 6) is -2.79. The highest BCUT2D eigenvalue weighted by Crippen LogP contribution is 2.24. The number of halogens is 3. The highest BCUT2D eigenvalue weighted by molar-refractivity contribution is 5.89. The number of aliphatic carboxylic acids is 1. The molecule has 1 aliphatic heterocycles. The molecule has 0 bridgehead atoms. The summed E-state index contributed by atoms with van der Waals surface area (Å²) in [5, 5.41) is 9.96. The lowest BCUT2D eigenvalue weighted by Gasteiger charge is -2.26. The highest BCUT2D eigenvalue weighted by atomic mass is 19.4. The molecule has 1 aliphatic rings. The number of anilines is 1. The van der Waals surface area contributed by atoms with Crippen molar-refractivity contribution >= 4 is 23.1 Å². The number of carboxylic acids is 1. The van der Waals surface area contributed by atoms with Crippen molar-refractivity contribution in [2.24, 2.45) is 5.73 Å². The minimum absolute atomic E-state index is 0.0345. The van der Waals surface area contributed by atoms with Crippen LogP contribution < -0.4 is 11.1 Å². The zero-order valence-corrected chi connectivity index (χ0v) is 15.1. The van der Waals surface area contributed by atoms with Crippen molar-refractivity contribution in [3.8, 4) is 0 Å². The van der Waals surface area contributed by atoms with Crippen LogP contribution in [0.15, 0.2) is 30.3 Å². The van der Waals surface area contributed by atoms with Gasteiger partial charge in [0, 0.05) is 25.7 Å². The minimum Gasteiger partial charge on any atom is -0.475 e. The molecular weight excluding hydrogens is 363 g/mol. The quantitative estimate of drug-likeness (QED) is 0.722. The number of amides is 1. The number of alkyl halides is 3. The first-order valence-corrected chi connectivity index (χ1v) is 8.43. The molecule has 0 saturated carbocycles. The molecule has 0 fully saturated rings. The fraction of sp³-hybridized carbons (Fsp3) is 0.444. The molecule has 1 aromatic carbocycles. The van der Waals surface area contributed by atoms with Crippen molar-refractivity contribution in [1.82, 2.24) is 4.90 Å². The third-order valence-corrected chi connectivity index (χ3v) is 3.77. The summed E-state index contributed by atoms with van der Waals surface area (Å²) in [6.07, 6.45) is -0.692.